The van der Waals surface area contributed by atoms with Crippen LogP contribution in [-0.2, 0) is 19.6 Å². The van der Waals surface area contributed by atoms with Crippen molar-refractivity contribution in [2.75, 3.05) is 45.3 Å². The highest BCUT2D eigenvalue weighted by Gasteiger charge is 2.27. The van der Waals surface area contributed by atoms with E-state index in [0.29, 0.717) is 13.2 Å². The van der Waals surface area contributed by atoms with Crippen LogP contribution >= 0.6 is 0 Å². The van der Waals surface area contributed by atoms with E-state index in [9.17, 15) is 22.4 Å². The Morgan fingerprint density at radius 3 is 2.58 bits per heavy atom. The first kappa shape index (κ1) is 22.7. The van der Waals surface area contributed by atoms with Gasteiger partial charge >= 0.3 is 0 Å². The van der Waals surface area contributed by atoms with Crippen molar-refractivity contribution in [2.24, 2.45) is 0 Å². The highest BCUT2D eigenvalue weighted by Crippen LogP contribution is 2.29. The summed E-state index contributed by atoms with van der Waals surface area (Å²) in [6.45, 7) is 0.692. The number of anilines is 1. The predicted octanol–water partition coefficient (Wildman–Crippen LogP) is 1.22. The molecule has 0 aromatic heterocycles. The van der Waals surface area contributed by atoms with Gasteiger partial charge in [0.25, 0.3) is 5.91 Å². The second kappa shape index (κ2) is 9.86. The molecule has 0 bridgehead atoms. The topological polar surface area (TPSA) is 114 Å². The average Bonchev–Trinajstić information content (AvgIpc) is 2.78. The Morgan fingerprint density at radius 2 is 1.90 bits per heavy atom. The number of carbonyl (C=O) groups excluding carboxylic acids is 2. The zero-order valence-corrected chi connectivity index (χ0v) is 17.6. The number of rotatable bonds is 7. The molecule has 2 N–H and O–H groups in total. The van der Waals surface area contributed by atoms with Crippen LogP contribution in [-0.4, -0.2) is 64.5 Å². The maximum Gasteiger partial charge on any atom is 0.251 e. The van der Waals surface area contributed by atoms with E-state index < -0.39 is 34.2 Å². The smallest absolute Gasteiger partial charge is 0.251 e. The highest BCUT2D eigenvalue weighted by atomic mass is 32.2. The van der Waals surface area contributed by atoms with Crippen LogP contribution in [0.3, 0.4) is 0 Å². The molecule has 11 heteroatoms. The number of amides is 2. The number of ether oxygens (including phenoxy) is 2. The molecule has 1 heterocycles. The van der Waals surface area contributed by atoms with Gasteiger partial charge in [-0.1, -0.05) is 6.07 Å². The maximum atomic E-state index is 13.2. The lowest BCUT2D eigenvalue weighted by Crippen LogP contribution is -2.40. The number of hydrogen-bond acceptors (Lipinski definition) is 6. The Morgan fingerprint density at radius 1 is 1.16 bits per heavy atom. The molecule has 1 aliphatic heterocycles. The molecule has 2 aromatic carbocycles. The Hall–Kier alpha value is -3.02. The number of morpholine rings is 1. The van der Waals surface area contributed by atoms with Gasteiger partial charge in [0.05, 0.1) is 37.5 Å². The van der Waals surface area contributed by atoms with Gasteiger partial charge in [-0.15, -0.1) is 0 Å². The fourth-order valence-corrected chi connectivity index (χ4v) is 4.40. The summed E-state index contributed by atoms with van der Waals surface area (Å²) in [5, 5.41) is 4.92. The van der Waals surface area contributed by atoms with Crippen molar-refractivity contribution in [3.63, 3.8) is 0 Å². The zero-order valence-electron chi connectivity index (χ0n) is 16.8. The molecule has 1 saturated heterocycles. The first-order valence-electron chi connectivity index (χ1n) is 9.41. The van der Waals surface area contributed by atoms with Gasteiger partial charge in [-0.25, -0.2) is 12.8 Å². The second-order valence-electron chi connectivity index (χ2n) is 6.62. The summed E-state index contributed by atoms with van der Waals surface area (Å²) in [6.07, 6.45) is 0. The number of nitrogens with zero attached hydrogens (tertiary/aromatic N) is 1. The van der Waals surface area contributed by atoms with Crippen LogP contribution in [0.1, 0.15) is 10.4 Å². The van der Waals surface area contributed by atoms with Gasteiger partial charge in [-0.2, -0.15) is 4.31 Å². The van der Waals surface area contributed by atoms with E-state index >= 15 is 0 Å². The van der Waals surface area contributed by atoms with Gasteiger partial charge in [0.2, 0.25) is 15.9 Å². The largest absolute Gasteiger partial charge is 0.495 e. The van der Waals surface area contributed by atoms with E-state index in [0.717, 1.165) is 6.07 Å². The molecule has 0 atom stereocenters. The van der Waals surface area contributed by atoms with Gasteiger partial charge in [-0.3, -0.25) is 9.59 Å². The SMILES string of the molecule is COc1ccc(S(=O)(=O)N2CCOCC2)cc1NC(=O)CNC(=O)c1cccc(F)c1. The molecule has 9 nitrogen and oxygen atoms in total. The summed E-state index contributed by atoms with van der Waals surface area (Å²) in [7, 11) is -2.39. The normalized spacial score (nSPS) is 14.6. The quantitative estimate of drug-likeness (QED) is 0.655. The molecule has 0 aliphatic carbocycles. The fraction of sp³-hybridized carbons (Fsp3) is 0.300. The summed E-state index contributed by atoms with van der Waals surface area (Å²) in [5.74, 6) is -1.54. The van der Waals surface area contributed by atoms with Gasteiger partial charge in [0.15, 0.2) is 0 Å². The number of sulfonamides is 1. The second-order valence-corrected chi connectivity index (χ2v) is 8.56. The van der Waals surface area contributed by atoms with Crippen LogP contribution in [0, 0.1) is 5.82 Å². The molecular formula is C20H22FN3O6S. The summed E-state index contributed by atoms with van der Waals surface area (Å²) in [6, 6.07) is 9.19. The van der Waals surface area contributed by atoms with Crippen molar-refractivity contribution in [3.05, 3.63) is 53.8 Å². The van der Waals surface area contributed by atoms with Crippen LogP contribution in [0.5, 0.6) is 5.75 Å². The molecule has 1 aliphatic rings. The molecule has 0 saturated carbocycles. The molecule has 3 rings (SSSR count). The van der Waals surface area contributed by atoms with Crippen molar-refractivity contribution in [1.29, 1.82) is 0 Å². The van der Waals surface area contributed by atoms with Crippen LogP contribution in [0.15, 0.2) is 47.4 Å². The Kier molecular flexibility index (Phi) is 7.21. The predicted molar refractivity (Wildman–Crippen MR) is 110 cm³/mol. The monoisotopic (exact) mass is 451 g/mol. The lowest BCUT2D eigenvalue weighted by atomic mass is 10.2. The van der Waals surface area contributed by atoms with Crippen molar-refractivity contribution in [3.8, 4) is 5.75 Å². The number of hydrogen-bond donors (Lipinski definition) is 2. The number of nitrogens with one attached hydrogen (secondary N) is 2. The molecule has 2 amide bonds. The molecule has 0 unspecified atom stereocenters. The molecular weight excluding hydrogens is 429 g/mol. The fourth-order valence-electron chi connectivity index (χ4n) is 2.97. The van der Waals surface area contributed by atoms with Gasteiger partial charge < -0.3 is 20.1 Å². The number of methoxy groups -OCH3 is 1. The first-order chi connectivity index (χ1) is 14.8. The minimum absolute atomic E-state index is 0.00528. The Labute approximate surface area is 179 Å². The third kappa shape index (κ3) is 5.57. The number of carbonyl (C=O) groups is 2. The van der Waals surface area contributed by atoms with Crippen molar-refractivity contribution >= 4 is 27.5 Å². The van der Waals surface area contributed by atoms with Gasteiger partial charge in [0, 0.05) is 18.7 Å². The van der Waals surface area contributed by atoms with E-state index in [1.807, 2.05) is 0 Å². The summed E-state index contributed by atoms with van der Waals surface area (Å²) >= 11 is 0. The number of benzene rings is 2. The lowest BCUT2D eigenvalue weighted by molar-refractivity contribution is -0.115. The van der Waals surface area contributed by atoms with Crippen LogP contribution in [0.2, 0.25) is 0 Å². The van der Waals surface area contributed by atoms with E-state index in [1.54, 1.807) is 0 Å². The first-order valence-corrected chi connectivity index (χ1v) is 10.8. The van der Waals surface area contributed by atoms with Gasteiger partial charge in [-0.05, 0) is 36.4 Å². The standard InChI is InChI=1S/C20H22FN3O6S/c1-29-18-6-5-16(31(27,28)24-7-9-30-10-8-24)12-17(18)23-19(25)13-22-20(26)14-3-2-4-15(21)11-14/h2-6,11-12H,7-10,13H2,1H3,(H,22,26)(H,23,25). The number of halogens is 1. The molecule has 1 fully saturated rings. The van der Waals surface area contributed by atoms with Gasteiger partial charge in [0.1, 0.15) is 11.6 Å². The summed E-state index contributed by atoms with van der Waals surface area (Å²) in [4.78, 5) is 24.4. The summed E-state index contributed by atoms with van der Waals surface area (Å²) in [5.41, 5.74) is 0.214. The highest BCUT2D eigenvalue weighted by molar-refractivity contribution is 7.89. The third-order valence-electron chi connectivity index (χ3n) is 4.55. The third-order valence-corrected chi connectivity index (χ3v) is 6.44. The molecule has 0 spiro atoms. The van der Waals surface area contributed by atoms with Crippen molar-refractivity contribution in [1.82, 2.24) is 9.62 Å². The molecule has 166 valence electrons. The Bertz CT molecular complexity index is 1070. The Balaban J connectivity index is 1.70. The maximum absolute atomic E-state index is 13.2. The van der Waals surface area contributed by atoms with Crippen LogP contribution in [0.25, 0.3) is 0 Å². The molecule has 2 aromatic rings. The zero-order chi connectivity index (χ0) is 22.4. The van der Waals surface area contributed by atoms with E-state index in [-0.39, 0.29) is 35.0 Å². The van der Waals surface area contributed by atoms with Crippen molar-refractivity contribution in [2.45, 2.75) is 4.90 Å². The average molecular weight is 451 g/mol. The van der Waals surface area contributed by atoms with Crippen LogP contribution < -0.4 is 15.4 Å². The van der Waals surface area contributed by atoms with E-state index in [2.05, 4.69) is 10.6 Å². The molecule has 0 radical (unpaired) electrons. The lowest BCUT2D eigenvalue weighted by Gasteiger charge is -2.26. The minimum Gasteiger partial charge on any atom is -0.495 e. The summed E-state index contributed by atoms with van der Waals surface area (Å²) < 4.78 is 50.6. The minimum atomic E-state index is -3.77. The van der Waals surface area contributed by atoms with Crippen LogP contribution in [0.4, 0.5) is 10.1 Å². The molecule has 31 heavy (non-hydrogen) atoms. The van der Waals surface area contributed by atoms with Crippen molar-refractivity contribution < 1.29 is 31.9 Å². The van der Waals surface area contributed by atoms with E-state index in [1.165, 1.54) is 47.8 Å². The van der Waals surface area contributed by atoms with E-state index in [4.69, 9.17) is 9.47 Å².